The van der Waals surface area contributed by atoms with E-state index in [4.69, 9.17) is 10.8 Å². The summed E-state index contributed by atoms with van der Waals surface area (Å²) < 4.78 is 0. The smallest absolute Gasteiger partial charge is 0.237 e. The van der Waals surface area contributed by atoms with Gasteiger partial charge >= 0.3 is 0 Å². The van der Waals surface area contributed by atoms with Gasteiger partial charge in [0.2, 0.25) is 5.91 Å². The van der Waals surface area contributed by atoms with E-state index < -0.39 is 12.1 Å². The van der Waals surface area contributed by atoms with Gasteiger partial charge in [-0.05, 0) is 12.3 Å². The normalized spacial score (nSPS) is 16.5. The molecule has 1 amide bonds. The maximum Gasteiger partial charge on any atom is 0.237 e. The van der Waals surface area contributed by atoms with Crippen LogP contribution in [0.4, 0.5) is 0 Å². The molecule has 0 rings (SSSR count). The monoisotopic (exact) mass is 188 g/mol. The fraction of sp³-hybridized carbons (Fsp3) is 0.889. The summed E-state index contributed by atoms with van der Waals surface area (Å²) in [6, 6.07) is -0.536. The summed E-state index contributed by atoms with van der Waals surface area (Å²) in [6.45, 7) is 7.57. The number of rotatable bonds is 3. The summed E-state index contributed by atoms with van der Waals surface area (Å²) in [6.07, 6.45) is -0.531. The van der Waals surface area contributed by atoms with Crippen molar-refractivity contribution in [3.8, 4) is 0 Å². The van der Waals surface area contributed by atoms with Gasteiger partial charge in [0.15, 0.2) is 0 Å². The van der Waals surface area contributed by atoms with Crippen LogP contribution in [0, 0.1) is 5.41 Å². The average molecular weight is 188 g/mol. The molecular formula is C9H20N2O2. The molecule has 0 radical (unpaired) electrons. The molecule has 0 aliphatic heterocycles. The lowest BCUT2D eigenvalue weighted by Crippen LogP contribution is -2.49. The van der Waals surface area contributed by atoms with Crippen molar-refractivity contribution < 1.29 is 9.90 Å². The van der Waals surface area contributed by atoms with Crippen LogP contribution in [0.25, 0.3) is 0 Å². The van der Waals surface area contributed by atoms with E-state index in [1.807, 2.05) is 20.8 Å². The topological polar surface area (TPSA) is 75.3 Å². The summed E-state index contributed by atoms with van der Waals surface area (Å²) in [4.78, 5) is 11.3. The van der Waals surface area contributed by atoms with Crippen molar-refractivity contribution in [1.29, 1.82) is 0 Å². The maximum atomic E-state index is 11.3. The first-order chi connectivity index (χ1) is 5.75. The first-order valence-corrected chi connectivity index (χ1v) is 4.46. The zero-order valence-corrected chi connectivity index (χ0v) is 8.79. The molecule has 4 nitrogen and oxygen atoms in total. The summed E-state index contributed by atoms with van der Waals surface area (Å²) in [5.41, 5.74) is 5.44. The zero-order chi connectivity index (χ0) is 10.6. The van der Waals surface area contributed by atoms with E-state index in [9.17, 15) is 4.79 Å². The Balaban J connectivity index is 3.98. The Morgan fingerprint density at radius 1 is 1.54 bits per heavy atom. The molecule has 1 unspecified atom stereocenters. The van der Waals surface area contributed by atoms with E-state index in [-0.39, 0.29) is 17.9 Å². The van der Waals surface area contributed by atoms with Gasteiger partial charge in [0.1, 0.15) is 0 Å². The molecule has 0 aliphatic carbocycles. The summed E-state index contributed by atoms with van der Waals surface area (Å²) in [5, 5.41) is 11.5. The summed E-state index contributed by atoms with van der Waals surface area (Å²) >= 11 is 0. The first-order valence-electron chi connectivity index (χ1n) is 4.46. The Morgan fingerprint density at radius 3 is 2.31 bits per heavy atom. The molecule has 0 aromatic carbocycles. The van der Waals surface area contributed by atoms with Crippen LogP contribution in [0.1, 0.15) is 27.7 Å². The van der Waals surface area contributed by atoms with E-state index in [1.54, 1.807) is 6.92 Å². The van der Waals surface area contributed by atoms with Crippen molar-refractivity contribution >= 4 is 5.91 Å². The van der Waals surface area contributed by atoms with Crippen LogP contribution in [-0.4, -0.2) is 29.7 Å². The standard InChI is InChI=1S/C9H20N2O2/c1-6(12)5-11-8(13)7(10)9(2,3)4/h6-7,12H,5,10H2,1-4H3,(H,11,13)/t6-,7?/m0/s1. The van der Waals surface area contributed by atoms with Crippen LogP contribution in [0.5, 0.6) is 0 Å². The quantitative estimate of drug-likeness (QED) is 0.577. The molecule has 0 aromatic rings. The second kappa shape index (κ2) is 4.58. The molecule has 0 fully saturated rings. The van der Waals surface area contributed by atoms with Gasteiger partial charge in [-0.1, -0.05) is 20.8 Å². The zero-order valence-electron chi connectivity index (χ0n) is 8.79. The number of hydrogen-bond acceptors (Lipinski definition) is 3. The van der Waals surface area contributed by atoms with Crippen LogP contribution in [-0.2, 0) is 4.79 Å². The van der Waals surface area contributed by atoms with Gasteiger partial charge in [-0.25, -0.2) is 0 Å². The minimum absolute atomic E-state index is 0.214. The second-order valence-corrected chi connectivity index (χ2v) is 4.44. The molecule has 0 spiro atoms. The highest BCUT2D eigenvalue weighted by atomic mass is 16.3. The molecule has 0 aromatic heterocycles. The number of nitrogens with one attached hydrogen (secondary N) is 1. The fourth-order valence-corrected chi connectivity index (χ4v) is 0.752. The van der Waals surface area contributed by atoms with Crippen LogP contribution >= 0.6 is 0 Å². The molecule has 13 heavy (non-hydrogen) atoms. The van der Waals surface area contributed by atoms with E-state index in [0.717, 1.165) is 0 Å². The van der Waals surface area contributed by atoms with Crippen molar-refractivity contribution in [2.45, 2.75) is 39.8 Å². The lowest BCUT2D eigenvalue weighted by Gasteiger charge is -2.26. The Bertz CT molecular complexity index is 173. The number of aliphatic hydroxyl groups excluding tert-OH is 1. The molecule has 0 aliphatic rings. The van der Waals surface area contributed by atoms with E-state index in [1.165, 1.54) is 0 Å². The van der Waals surface area contributed by atoms with Gasteiger partial charge in [0.05, 0.1) is 12.1 Å². The molecule has 0 heterocycles. The van der Waals surface area contributed by atoms with Crippen LogP contribution in [0.3, 0.4) is 0 Å². The lowest BCUT2D eigenvalue weighted by molar-refractivity contribution is -0.124. The van der Waals surface area contributed by atoms with Crippen LogP contribution < -0.4 is 11.1 Å². The number of hydrogen-bond donors (Lipinski definition) is 3. The number of nitrogens with two attached hydrogens (primary N) is 1. The van der Waals surface area contributed by atoms with Crippen molar-refractivity contribution in [1.82, 2.24) is 5.32 Å². The predicted molar refractivity (Wildman–Crippen MR) is 52.1 cm³/mol. The molecule has 0 bridgehead atoms. The maximum absolute atomic E-state index is 11.3. The number of carbonyl (C=O) groups is 1. The van der Waals surface area contributed by atoms with E-state index in [2.05, 4.69) is 5.32 Å². The molecule has 78 valence electrons. The molecular weight excluding hydrogens is 168 g/mol. The van der Waals surface area contributed by atoms with Crippen molar-refractivity contribution in [3.05, 3.63) is 0 Å². The van der Waals surface area contributed by atoms with Crippen LogP contribution in [0.2, 0.25) is 0 Å². The first kappa shape index (κ1) is 12.4. The third kappa shape index (κ3) is 4.85. The summed E-state index contributed by atoms with van der Waals surface area (Å²) in [7, 11) is 0. The van der Waals surface area contributed by atoms with Gasteiger partial charge in [0, 0.05) is 6.54 Å². The van der Waals surface area contributed by atoms with Gasteiger partial charge in [-0.2, -0.15) is 0 Å². The molecule has 4 N–H and O–H groups in total. The Morgan fingerprint density at radius 2 is 2.00 bits per heavy atom. The largest absolute Gasteiger partial charge is 0.392 e. The molecule has 0 saturated heterocycles. The second-order valence-electron chi connectivity index (χ2n) is 4.44. The Kier molecular flexibility index (Phi) is 4.36. The predicted octanol–water partition coefficient (Wildman–Crippen LogP) is -0.143. The van der Waals surface area contributed by atoms with Gasteiger partial charge in [0.25, 0.3) is 0 Å². The minimum Gasteiger partial charge on any atom is -0.392 e. The summed E-state index contributed by atoms with van der Waals surface area (Å²) in [5.74, 6) is -0.214. The lowest BCUT2D eigenvalue weighted by atomic mass is 9.87. The van der Waals surface area contributed by atoms with Gasteiger partial charge in [-0.15, -0.1) is 0 Å². The Hall–Kier alpha value is -0.610. The van der Waals surface area contributed by atoms with E-state index in [0.29, 0.717) is 0 Å². The molecule has 4 heteroatoms. The van der Waals surface area contributed by atoms with Crippen molar-refractivity contribution in [3.63, 3.8) is 0 Å². The van der Waals surface area contributed by atoms with E-state index >= 15 is 0 Å². The van der Waals surface area contributed by atoms with Crippen molar-refractivity contribution in [2.24, 2.45) is 11.1 Å². The fourth-order valence-electron chi connectivity index (χ4n) is 0.752. The van der Waals surface area contributed by atoms with Crippen LogP contribution in [0.15, 0.2) is 0 Å². The molecule has 2 atom stereocenters. The number of amides is 1. The average Bonchev–Trinajstić information content (AvgIpc) is 1.96. The van der Waals surface area contributed by atoms with Gasteiger partial charge in [-0.3, -0.25) is 4.79 Å². The third-order valence-corrected chi connectivity index (χ3v) is 1.79. The highest BCUT2D eigenvalue weighted by molar-refractivity contribution is 5.82. The highest BCUT2D eigenvalue weighted by Gasteiger charge is 2.27. The third-order valence-electron chi connectivity index (χ3n) is 1.79. The van der Waals surface area contributed by atoms with Gasteiger partial charge < -0.3 is 16.2 Å². The Labute approximate surface area is 79.5 Å². The highest BCUT2D eigenvalue weighted by Crippen LogP contribution is 2.16. The number of aliphatic hydroxyl groups is 1. The molecule has 0 saturated carbocycles. The number of carbonyl (C=O) groups excluding carboxylic acids is 1. The SMILES string of the molecule is C[C@H](O)CNC(=O)C(N)C(C)(C)C. The van der Waals surface area contributed by atoms with Crippen molar-refractivity contribution in [2.75, 3.05) is 6.54 Å². The minimum atomic E-state index is -0.536.